The molecule has 0 saturated carbocycles. The molecular formula is C11H10N4S. The Morgan fingerprint density at radius 3 is 3.00 bits per heavy atom. The van der Waals surface area contributed by atoms with Crippen LogP contribution in [0.25, 0.3) is 16.2 Å². The molecule has 5 heteroatoms. The summed E-state index contributed by atoms with van der Waals surface area (Å²) in [6.07, 6.45) is 3.72. The van der Waals surface area contributed by atoms with E-state index in [2.05, 4.69) is 9.97 Å². The Morgan fingerprint density at radius 1 is 1.44 bits per heavy atom. The van der Waals surface area contributed by atoms with Crippen molar-refractivity contribution in [3.63, 3.8) is 0 Å². The summed E-state index contributed by atoms with van der Waals surface area (Å²) in [5, 5.41) is 0. The summed E-state index contributed by atoms with van der Waals surface area (Å²) in [5.41, 5.74) is 10.7. The molecule has 0 atom stereocenters. The number of aryl methyl sites for hydroxylation is 1. The second-order valence-electron chi connectivity index (χ2n) is 3.60. The van der Waals surface area contributed by atoms with Crippen molar-refractivity contribution in [3.8, 4) is 10.6 Å². The van der Waals surface area contributed by atoms with Crippen molar-refractivity contribution >= 4 is 22.8 Å². The normalized spacial score (nSPS) is 11.1. The molecule has 0 radical (unpaired) electrons. The molecule has 3 aromatic rings. The van der Waals surface area contributed by atoms with Crippen LogP contribution in [0.15, 0.2) is 30.0 Å². The first-order chi connectivity index (χ1) is 7.77. The summed E-state index contributed by atoms with van der Waals surface area (Å²) in [5.74, 6) is 0.669. The predicted molar refractivity (Wildman–Crippen MR) is 65.4 cm³/mol. The number of imidazole rings is 1. The third kappa shape index (κ3) is 1.22. The van der Waals surface area contributed by atoms with E-state index in [4.69, 9.17) is 5.73 Å². The van der Waals surface area contributed by atoms with Gasteiger partial charge in [0.1, 0.15) is 17.2 Å². The van der Waals surface area contributed by atoms with E-state index in [9.17, 15) is 0 Å². The van der Waals surface area contributed by atoms with Crippen LogP contribution in [0.5, 0.6) is 0 Å². The van der Waals surface area contributed by atoms with Gasteiger partial charge in [0.15, 0.2) is 0 Å². The molecule has 0 saturated heterocycles. The fourth-order valence-electron chi connectivity index (χ4n) is 1.74. The molecule has 80 valence electrons. The number of thiazole rings is 1. The summed E-state index contributed by atoms with van der Waals surface area (Å²) in [6, 6.07) is 4.00. The van der Waals surface area contributed by atoms with E-state index in [0.717, 1.165) is 21.8 Å². The molecule has 0 bridgehead atoms. The van der Waals surface area contributed by atoms with Crippen LogP contribution in [-0.4, -0.2) is 14.4 Å². The van der Waals surface area contributed by atoms with Gasteiger partial charge in [0.05, 0.1) is 10.4 Å². The number of aromatic nitrogens is 3. The summed E-state index contributed by atoms with van der Waals surface area (Å²) in [6.45, 7) is 2.03. The zero-order valence-corrected chi connectivity index (χ0v) is 9.53. The molecule has 3 aromatic heterocycles. The third-order valence-corrected chi connectivity index (χ3v) is 3.33. The highest BCUT2D eigenvalue weighted by Crippen LogP contribution is 2.29. The Labute approximate surface area is 96.4 Å². The highest BCUT2D eigenvalue weighted by atomic mass is 32.1. The molecule has 3 heterocycles. The number of rotatable bonds is 1. The summed E-state index contributed by atoms with van der Waals surface area (Å²) in [4.78, 5) is 9.61. The number of nitrogens with zero attached hydrogens (tertiary/aromatic N) is 3. The smallest absolute Gasteiger partial charge is 0.142 e. The summed E-state index contributed by atoms with van der Waals surface area (Å²) < 4.78 is 1.91. The van der Waals surface area contributed by atoms with Gasteiger partial charge in [-0.25, -0.2) is 4.98 Å². The van der Waals surface area contributed by atoms with E-state index in [0.29, 0.717) is 5.82 Å². The van der Waals surface area contributed by atoms with E-state index >= 15 is 0 Å². The molecule has 0 spiro atoms. The quantitative estimate of drug-likeness (QED) is 0.698. The van der Waals surface area contributed by atoms with Crippen molar-refractivity contribution in [1.82, 2.24) is 14.4 Å². The van der Waals surface area contributed by atoms with Crippen molar-refractivity contribution in [1.29, 1.82) is 0 Å². The van der Waals surface area contributed by atoms with Crippen molar-refractivity contribution in [2.45, 2.75) is 6.92 Å². The van der Waals surface area contributed by atoms with Gasteiger partial charge in [0.25, 0.3) is 0 Å². The highest BCUT2D eigenvalue weighted by molar-refractivity contribution is 7.13. The minimum Gasteiger partial charge on any atom is -0.383 e. The fraction of sp³-hybridized carbons (Fsp3) is 0.0909. The van der Waals surface area contributed by atoms with Crippen LogP contribution in [0.1, 0.15) is 5.56 Å². The van der Waals surface area contributed by atoms with Gasteiger partial charge in [0, 0.05) is 12.4 Å². The Morgan fingerprint density at radius 2 is 2.31 bits per heavy atom. The molecule has 3 rings (SSSR count). The van der Waals surface area contributed by atoms with Gasteiger partial charge in [-0.05, 0) is 18.6 Å². The number of pyridine rings is 1. The molecule has 4 nitrogen and oxygen atoms in total. The Hall–Kier alpha value is -1.88. The number of hydrogen-bond donors (Lipinski definition) is 1. The van der Waals surface area contributed by atoms with Crippen LogP contribution in [0, 0.1) is 6.92 Å². The average molecular weight is 230 g/mol. The van der Waals surface area contributed by atoms with Crippen LogP contribution in [0.2, 0.25) is 0 Å². The van der Waals surface area contributed by atoms with Gasteiger partial charge < -0.3 is 5.73 Å². The van der Waals surface area contributed by atoms with Gasteiger partial charge in [-0.2, -0.15) is 0 Å². The van der Waals surface area contributed by atoms with Crippen molar-refractivity contribution in [2.24, 2.45) is 0 Å². The zero-order chi connectivity index (χ0) is 11.1. The second-order valence-corrected chi connectivity index (χ2v) is 4.48. The van der Waals surface area contributed by atoms with Gasteiger partial charge in [-0.3, -0.25) is 9.38 Å². The number of nitrogen functional groups attached to an aromatic ring is 1. The summed E-state index contributed by atoms with van der Waals surface area (Å²) in [7, 11) is 0. The molecule has 0 amide bonds. The Bertz CT molecular complexity index is 639. The average Bonchev–Trinajstić information content (AvgIpc) is 2.88. The molecule has 0 aliphatic rings. The second kappa shape index (κ2) is 3.31. The molecule has 0 fully saturated rings. The van der Waals surface area contributed by atoms with Crippen molar-refractivity contribution in [3.05, 3.63) is 35.6 Å². The van der Waals surface area contributed by atoms with Crippen LogP contribution >= 0.6 is 11.3 Å². The zero-order valence-electron chi connectivity index (χ0n) is 8.71. The van der Waals surface area contributed by atoms with Crippen LogP contribution in [0.3, 0.4) is 0 Å². The third-order valence-electron chi connectivity index (χ3n) is 2.55. The van der Waals surface area contributed by atoms with Crippen LogP contribution in [-0.2, 0) is 0 Å². The van der Waals surface area contributed by atoms with Gasteiger partial charge >= 0.3 is 0 Å². The lowest BCUT2D eigenvalue weighted by Crippen LogP contribution is -1.93. The minimum atomic E-state index is 0.669. The van der Waals surface area contributed by atoms with Crippen molar-refractivity contribution < 1.29 is 0 Å². The molecule has 2 N–H and O–H groups in total. The highest BCUT2D eigenvalue weighted by Gasteiger charge is 2.13. The predicted octanol–water partition coefficient (Wildman–Crippen LogP) is 2.35. The lowest BCUT2D eigenvalue weighted by Gasteiger charge is -1.97. The maximum atomic E-state index is 6.08. The number of anilines is 1. The first-order valence-electron chi connectivity index (χ1n) is 4.89. The lowest BCUT2D eigenvalue weighted by molar-refractivity contribution is 1.17. The molecule has 0 unspecified atom stereocenters. The van der Waals surface area contributed by atoms with E-state index in [-0.39, 0.29) is 0 Å². The topological polar surface area (TPSA) is 56.2 Å². The van der Waals surface area contributed by atoms with E-state index in [1.165, 1.54) is 0 Å². The Kier molecular flexibility index (Phi) is 1.94. The minimum absolute atomic E-state index is 0.669. The molecule has 0 aromatic carbocycles. The van der Waals surface area contributed by atoms with Crippen LogP contribution in [0.4, 0.5) is 5.82 Å². The first-order valence-corrected chi connectivity index (χ1v) is 5.77. The van der Waals surface area contributed by atoms with E-state index < -0.39 is 0 Å². The van der Waals surface area contributed by atoms with Gasteiger partial charge in [-0.15, -0.1) is 11.3 Å². The SMILES string of the molecule is Cc1cccn2c(N)c(-c3cncs3)nc12. The monoisotopic (exact) mass is 230 g/mol. The standard InChI is InChI=1S/C11H10N4S/c1-7-3-2-4-15-10(12)9(14-11(7)15)8-5-13-6-16-8/h2-6H,12H2,1H3. The maximum absolute atomic E-state index is 6.08. The summed E-state index contributed by atoms with van der Waals surface area (Å²) >= 11 is 1.54. The molecule has 0 aliphatic heterocycles. The number of fused-ring (bicyclic) bond motifs is 1. The fourth-order valence-corrected chi connectivity index (χ4v) is 2.36. The van der Waals surface area contributed by atoms with E-state index in [1.54, 1.807) is 23.0 Å². The lowest BCUT2D eigenvalue weighted by atomic mass is 10.3. The molecule has 16 heavy (non-hydrogen) atoms. The van der Waals surface area contributed by atoms with Gasteiger partial charge in [0.2, 0.25) is 0 Å². The van der Waals surface area contributed by atoms with Crippen molar-refractivity contribution in [2.75, 3.05) is 5.73 Å². The van der Waals surface area contributed by atoms with Gasteiger partial charge in [-0.1, -0.05) is 6.07 Å². The maximum Gasteiger partial charge on any atom is 0.142 e. The van der Waals surface area contributed by atoms with E-state index in [1.807, 2.05) is 29.7 Å². The first kappa shape index (κ1) is 9.35. The Balaban J connectivity index is 2.36. The number of hydrogen-bond acceptors (Lipinski definition) is 4. The molecular weight excluding hydrogens is 220 g/mol. The largest absolute Gasteiger partial charge is 0.383 e. The number of nitrogens with two attached hydrogens (primary N) is 1. The van der Waals surface area contributed by atoms with Crippen LogP contribution < -0.4 is 5.73 Å². The molecule has 0 aliphatic carbocycles.